The Morgan fingerprint density at radius 2 is 1.85 bits per heavy atom. The summed E-state index contributed by atoms with van der Waals surface area (Å²) in [6.07, 6.45) is -2.57. The van der Waals surface area contributed by atoms with Gasteiger partial charge in [0.1, 0.15) is 5.69 Å². The molecule has 1 amide bonds. The molecule has 0 bridgehead atoms. The Morgan fingerprint density at radius 1 is 1.11 bits per heavy atom. The lowest BCUT2D eigenvalue weighted by Crippen LogP contribution is -2.19. The molecule has 0 saturated heterocycles. The molecule has 0 spiro atoms. The van der Waals surface area contributed by atoms with E-state index >= 15 is 0 Å². The van der Waals surface area contributed by atoms with Gasteiger partial charge in [0.25, 0.3) is 5.91 Å². The zero-order valence-corrected chi connectivity index (χ0v) is 15.2. The van der Waals surface area contributed by atoms with Gasteiger partial charge in [0.15, 0.2) is 0 Å². The third kappa shape index (κ3) is 3.84. The molecule has 1 heterocycles. The summed E-state index contributed by atoms with van der Waals surface area (Å²) in [5.41, 5.74) is 1.61. The van der Waals surface area contributed by atoms with Crippen LogP contribution in [0.1, 0.15) is 41.4 Å². The fourth-order valence-electron chi connectivity index (χ4n) is 3.28. The fourth-order valence-corrected chi connectivity index (χ4v) is 3.28. The van der Waals surface area contributed by atoms with Gasteiger partial charge < -0.3 is 9.88 Å². The Bertz CT molecular complexity index is 973. The number of halogens is 3. The molecule has 0 aliphatic carbocycles. The zero-order chi connectivity index (χ0) is 19.6. The average Bonchev–Trinajstić information content (AvgIpc) is 2.92. The highest BCUT2D eigenvalue weighted by molar-refractivity contribution is 6.08. The van der Waals surface area contributed by atoms with Gasteiger partial charge in [0.2, 0.25) is 0 Å². The number of unbranched alkanes of at least 4 members (excludes halogenated alkanes) is 1. The maximum atomic E-state index is 12.9. The number of fused-ring (bicyclic) bond motifs is 1. The second-order valence-corrected chi connectivity index (χ2v) is 6.53. The monoisotopic (exact) mass is 374 g/mol. The number of aromatic nitrogens is 1. The number of carbonyl (C=O) groups is 1. The van der Waals surface area contributed by atoms with Crippen LogP contribution in [0.15, 0.2) is 48.5 Å². The van der Waals surface area contributed by atoms with Gasteiger partial charge in [-0.3, -0.25) is 4.79 Å². The van der Waals surface area contributed by atoms with Crippen LogP contribution in [0, 0.1) is 6.92 Å². The quantitative estimate of drug-likeness (QED) is 0.582. The number of hydrogen-bond donors (Lipinski definition) is 1. The number of benzene rings is 2. The van der Waals surface area contributed by atoms with Crippen LogP contribution in [-0.2, 0) is 12.7 Å². The van der Waals surface area contributed by atoms with E-state index in [2.05, 4.69) is 12.2 Å². The van der Waals surface area contributed by atoms with Gasteiger partial charge in [0.05, 0.1) is 5.56 Å². The lowest BCUT2D eigenvalue weighted by Gasteiger charge is -2.13. The lowest BCUT2D eigenvalue weighted by atomic mass is 10.1. The van der Waals surface area contributed by atoms with Crippen molar-refractivity contribution in [2.45, 2.75) is 39.4 Å². The van der Waals surface area contributed by atoms with Crippen molar-refractivity contribution in [2.75, 3.05) is 5.32 Å². The number of carbonyl (C=O) groups excluding carboxylic acids is 1. The summed E-state index contributed by atoms with van der Waals surface area (Å²) in [6.45, 7) is 4.61. The number of hydrogen-bond acceptors (Lipinski definition) is 1. The number of aryl methyl sites for hydroxylation is 2. The van der Waals surface area contributed by atoms with E-state index in [-0.39, 0.29) is 5.69 Å². The molecule has 3 rings (SSSR count). The van der Waals surface area contributed by atoms with E-state index < -0.39 is 17.6 Å². The molecule has 0 saturated carbocycles. The predicted octanol–water partition coefficient (Wildman–Crippen LogP) is 6.02. The maximum Gasteiger partial charge on any atom is 0.416 e. The van der Waals surface area contributed by atoms with Crippen LogP contribution in [0.3, 0.4) is 0 Å². The van der Waals surface area contributed by atoms with Crippen molar-refractivity contribution in [3.8, 4) is 0 Å². The second-order valence-electron chi connectivity index (χ2n) is 6.53. The molecule has 27 heavy (non-hydrogen) atoms. The molecule has 3 aromatic rings. The zero-order valence-electron chi connectivity index (χ0n) is 15.2. The number of alkyl halides is 3. The Kier molecular flexibility index (Phi) is 5.26. The molecule has 0 fully saturated rings. The first-order valence-electron chi connectivity index (χ1n) is 8.89. The highest BCUT2D eigenvalue weighted by Crippen LogP contribution is 2.31. The van der Waals surface area contributed by atoms with Crippen molar-refractivity contribution in [2.24, 2.45) is 0 Å². The Morgan fingerprint density at radius 3 is 2.56 bits per heavy atom. The van der Waals surface area contributed by atoms with E-state index in [1.807, 2.05) is 35.8 Å². The van der Waals surface area contributed by atoms with E-state index in [1.54, 1.807) is 0 Å². The molecule has 6 heteroatoms. The number of amides is 1. The first-order chi connectivity index (χ1) is 12.8. The number of nitrogens with zero attached hydrogens (tertiary/aromatic N) is 1. The Hall–Kier alpha value is -2.76. The minimum atomic E-state index is -4.45. The SMILES string of the molecule is CCCCn1c(C(=O)Nc2cccc(C(F)(F)F)c2)c(C)c2ccccc21. The number of rotatable bonds is 5. The van der Waals surface area contributed by atoms with Crippen LogP contribution >= 0.6 is 0 Å². The van der Waals surface area contributed by atoms with Crippen molar-refractivity contribution in [3.05, 3.63) is 65.4 Å². The topological polar surface area (TPSA) is 34.0 Å². The van der Waals surface area contributed by atoms with Crippen LogP contribution in [0.25, 0.3) is 10.9 Å². The van der Waals surface area contributed by atoms with Crippen LogP contribution in [0.2, 0.25) is 0 Å². The largest absolute Gasteiger partial charge is 0.416 e. The first kappa shape index (κ1) is 19.0. The molecule has 3 nitrogen and oxygen atoms in total. The minimum absolute atomic E-state index is 0.126. The minimum Gasteiger partial charge on any atom is -0.336 e. The third-order valence-corrected chi connectivity index (χ3v) is 4.62. The standard InChI is InChI=1S/C21H21F3N2O/c1-3-4-12-26-18-11-6-5-10-17(18)14(2)19(26)20(27)25-16-9-7-8-15(13-16)21(22,23)24/h5-11,13H,3-4,12H2,1-2H3,(H,25,27). The van der Waals surface area contributed by atoms with E-state index in [0.29, 0.717) is 12.2 Å². The van der Waals surface area contributed by atoms with Crippen molar-refractivity contribution in [1.29, 1.82) is 0 Å². The second kappa shape index (κ2) is 7.47. The van der Waals surface area contributed by atoms with Crippen LogP contribution in [0.4, 0.5) is 18.9 Å². The Labute approximate surface area is 155 Å². The van der Waals surface area contributed by atoms with Crippen molar-refractivity contribution >= 4 is 22.5 Å². The highest BCUT2D eigenvalue weighted by atomic mass is 19.4. The van der Waals surface area contributed by atoms with E-state index in [9.17, 15) is 18.0 Å². The van der Waals surface area contributed by atoms with Crippen LogP contribution in [-0.4, -0.2) is 10.5 Å². The summed E-state index contributed by atoms with van der Waals surface area (Å²) in [5, 5.41) is 3.60. The van der Waals surface area contributed by atoms with Gasteiger partial charge in [-0.1, -0.05) is 37.6 Å². The summed E-state index contributed by atoms with van der Waals surface area (Å²) in [5.74, 6) is -0.404. The van der Waals surface area contributed by atoms with Crippen molar-refractivity contribution in [3.63, 3.8) is 0 Å². The summed E-state index contributed by atoms with van der Waals surface area (Å²) in [6, 6.07) is 12.4. The molecule has 0 aliphatic rings. The van der Waals surface area contributed by atoms with Gasteiger partial charge in [-0.05, 0) is 43.2 Å². The average molecular weight is 374 g/mol. The number of anilines is 1. The highest BCUT2D eigenvalue weighted by Gasteiger charge is 2.30. The molecule has 1 aromatic heterocycles. The number of para-hydroxylation sites is 1. The van der Waals surface area contributed by atoms with Gasteiger partial charge in [-0.2, -0.15) is 13.2 Å². The van der Waals surface area contributed by atoms with Gasteiger partial charge in [-0.15, -0.1) is 0 Å². The molecular weight excluding hydrogens is 353 g/mol. The molecule has 1 N–H and O–H groups in total. The van der Waals surface area contributed by atoms with E-state index in [1.165, 1.54) is 12.1 Å². The lowest BCUT2D eigenvalue weighted by molar-refractivity contribution is -0.137. The molecule has 0 radical (unpaired) electrons. The first-order valence-corrected chi connectivity index (χ1v) is 8.89. The predicted molar refractivity (Wildman–Crippen MR) is 101 cm³/mol. The molecule has 142 valence electrons. The van der Waals surface area contributed by atoms with Gasteiger partial charge in [0, 0.05) is 23.1 Å². The van der Waals surface area contributed by atoms with E-state index in [4.69, 9.17) is 0 Å². The van der Waals surface area contributed by atoms with Crippen LogP contribution in [0.5, 0.6) is 0 Å². The number of nitrogens with one attached hydrogen (secondary N) is 1. The van der Waals surface area contributed by atoms with Crippen LogP contribution < -0.4 is 5.32 Å². The molecule has 2 aromatic carbocycles. The molecule has 0 unspecified atom stereocenters. The van der Waals surface area contributed by atoms with Gasteiger partial charge >= 0.3 is 6.18 Å². The maximum absolute atomic E-state index is 12.9. The molecule has 0 aliphatic heterocycles. The Balaban J connectivity index is 2.00. The third-order valence-electron chi connectivity index (χ3n) is 4.62. The summed E-state index contributed by atoms with van der Waals surface area (Å²) in [7, 11) is 0. The smallest absolute Gasteiger partial charge is 0.336 e. The summed E-state index contributed by atoms with van der Waals surface area (Å²) in [4.78, 5) is 12.9. The van der Waals surface area contributed by atoms with Gasteiger partial charge in [-0.25, -0.2) is 0 Å². The summed E-state index contributed by atoms with van der Waals surface area (Å²) >= 11 is 0. The summed E-state index contributed by atoms with van der Waals surface area (Å²) < 4.78 is 40.7. The molecule has 0 atom stereocenters. The van der Waals surface area contributed by atoms with Crippen molar-refractivity contribution < 1.29 is 18.0 Å². The molecular formula is C21H21F3N2O. The normalized spacial score (nSPS) is 11.7. The fraction of sp³-hybridized carbons (Fsp3) is 0.286. The van der Waals surface area contributed by atoms with E-state index in [0.717, 1.165) is 41.4 Å². The van der Waals surface area contributed by atoms with Crippen molar-refractivity contribution in [1.82, 2.24) is 4.57 Å².